The Bertz CT molecular complexity index is 135. The molecule has 14 heavy (non-hydrogen) atoms. The summed E-state index contributed by atoms with van der Waals surface area (Å²) in [6, 6.07) is 0. The van der Waals surface area contributed by atoms with Crippen LogP contribution in [0.15, 0.2) is 0 Å². The van der Waals surface area contributed by atoms with Crippen LogP contribution in [0.25, 0.3) is 0 Å². The molecule has 1 nitrogen and oxygen atoms in total. The molecule has 0 aliphatic carbocycles. The third-order valence-electron chi connectivity index (χ3n) is 0.612. The fourth-order valence-corrected chi connectivity index (χ4v) is 8.27. The summed E-state index contributed by atoms with van der Waals surface area (Å²) < 4.78 is 5.90. The first kappa shape index (κ1) is 17.3. The van der Waals surface area contributed by atoms with Gasteiger partial charge in [-0.1, -0.05) is 19.6 Å². The normalized spacial score (nSPS) is 13.3. The van der Waals surface area contributed by atoms with Crippen LogP contribution >= 0.6 is 11.1 Å². The summed E-state index contributed by atoms with van der Waals surface area (Å²) in [6.45, 7) is 19.7. The number of hydrogen-bond acceptors (Lipinski definition) is 1. The first-order valence-corrected chi connectivity index (χ1v) is 16.4. The largest absolute Gasteiger partial charge is 0.456 e. The standard InChI is InChI=1S/C6H18OSi2.C3H9ClSi/c1-8(2,3)7-9(4,5)6;1-5(2,3)4/h1-6H3;1-3H3. The molecule has 0 atom stereocenters. The number of rotatable bonds is 2. The SMILES string of the molecule is C[Si](C)(C)Cl.C[Si](C)(C)O[Si](C)(C)C. The van der Waals surface area contributed by atoms with Gasteiger partial charge in [-0.15, -0.1) is 0 Å². The summed E-state index contributed by atoms with van der Waals surface area (Å²) in [7, 11) is -3.60. The lowest BCUT2D eigenvalue weighted by Crippen LogP contribution is -2.39. The smallest absolute Gasteiger partial charge is 0.170 e. The molecular formula is C9H27ClOSi3. The first-order valence-electron chi connectivity index (χ1n) is 5.10. The van der Waals surface area contributed by atoms with Crippen molar-refractivity contribution < 1.29 is 4.12 Å². The molecule has 0 unspecified atom stereocenters. The Labute approximate surface area is 98.2 Å². The van der Waals surface area contributed by atoms with E-state index in [-0.39, 0.29) is 0 Å². The van der Waals surface area contributed by atoms with Gasteiger partial charge < -0.3 is 4.12 Å². The van der Waals surface area contributed by atoms with Crippen molar-refractivity contribution in [2.24, 2.45) is 0 Å². The number of halogens is 1. The Kier molecular flexibility index (Phi) is 7.22. The van der Waals surface area contributed by atoms with Crippen LogP contribution in [0.1, 0.15) is 0 Å². The van der Waals surface area contributed by atoms with Crippen LogP contribution in [0.2, 0.25) is 58.9 Å². The van der Waals surface area contributed by atoms with Gasteiger partial charge in [0, 0.05) is 0 Å². The molecule has 0 amide bonds. The highest BCUT2D eigenvalue weighted by molar-refractivity contribution is 7.18. The first-order chi connectivity index (χ1) is 5.71. The molecule has 0 fully saturated rings. The zero-order valence-electron chi connectivity index (χ0n) is 11.3. The van der Waals surface area contributed by atoms with Crippen LogP contribution in [0.4, 0.5) is 0 Å². The molecule has 88 valence electrons. The summed E-state index contributed by atoms with van der Waals surface area (Å²) in [4.78, 5) is 0. The third kappa shape index (κ3) is 38.4. The molecule has 0 aromatic rings. The highest BCUT2D eigenvalue weighted by atomic mass is 35.6. The van der Waals surface area contributed by atoms with E-state index >= 15 is 0 Å². The minimum atomic E-state index is -1.23. The zero-order chi connectivity index (χ0) is 12.2. The molecule has 0 rings (SSSR count). The topological polar surface area (TPSA) is 9.23 Å². The summed E-state index contributed by atoms with van der Waals surface area (Å²) in [5.41, 5.74) is 0. The minimum absolute atomic E-state index is 1.14. The quantitative estimate of drug-likeness (QED) is 0.521. The minimum Gasteiger partial charge on any atom is -0.456 e. The van der Waals surface area contributed by atoms with Crippen LogP contribution in [0.3, 0.4) is 0 Å². The third-order valence-corrected chi connectivity index (χ3v) is 5.51. The second kappa shape index (κ2) is 5.84. The van der Waals surface area contributed by atoms with Crippen molar-refractivity contribution >= 4 is 35.1 Å². The van der Waals surface area contributed by atoms with Crippen molar-refractivity contribution in [3.63, 3.8) is 0 Å². The Balaban J connectivity index is 0. The average molecular weight is 271 g/mol. The Morgan fingerprint density at radius 1 is 0.643 bits per heavy atom. The van der Waals surface area contributed by atoms with Gasteiger partial charge in [0.15, 0.2) is 16.6 Å². The van der Waals surface area contributed by atoms with Crippen LogP contribution in [0.5, 0.6) is 0 Å². The molecule has 0 saturated carbocycles. The Morgan fingerprint density at radius 2 is 0.786 bits per heavy atom. The van der Waals surface area contributed by atoms with Gasteiger partial charge >= 0.3 is 0 Å². The molecule has 0 aromatic carbocycles. The molecule has 0 aliphatic heterocycles. The molecule has 5 heteroatoms. The second-order valence-corrected chi connectivity index (χ2v) is 23.2. The summed E-state index contributed by atoms with van der Waals surface area (Å²) in [6.07, 6.45) is 0. The molecule has 0 radical (unpaired) electrons. The van der Waals surface area contributed by atoms with Crippen LogP contribution in [-0.4, -0.2) is 24.0 Å². The lowest BCUT2D eigenvalue weighted by Gasteiger charge is -2.27. The lowest BCUT2D eigenvalue weighted by atomic mass is 11.8. The molecule has 0 heterocycles. The van der Waals surface area contributed by atoms with Gasteiger partial charge in [-0.25, -0.2) is 0 Å². The predicted molar refractivity (Wildman–Crippen MR) is 77.0 cm³/mol. The van der Waals surface area contributed by atoms with E-state index in [2.05, 4.69) is 58.9 Å². The Hall–Kier alpha value is 0.901. The van der Waals surface area contributed by atoms with Gasteiger partial charge in [-0.2, -0.15) is 11.1 Å². The summed E-state index contributed by atoms with van der Waals surface area (Å²) in [5.74, 6) is 0. The van der Waals surface area contributed by atoms with E-state index in [4.69, 9.17) is 15.2 Å². The van der Waals surface area contributed by atoms with Crippen molar-refractivity contribution in [2.45, 2.75) is 58.9 Å². The van der Waals surface area contributed by atoms with Gasteiger partial charge in [0.1, 0.15) is 7.38 Å². The fourth-order valence-electron chi connectivity index (χ4n) is 0.919. The van der Waals surface area contributed by atoms with E-state index in [1.165, 1.54) is 0 Å². The molecule has 0 saturated heterocycles. The molecular weight excluding hydrogens is 244 g/mol. The van der Waals surface area contributed by atoms with Gasteiger partial charge in [0.05, 0.1) is 0 Å². The maximum absolute atomic E-state index is 5.90. The van der Waals surface area contributed by atoms with Gasteiger partial charge in [-0.3, -0.25) is 0 Å². The second-order valence-electron chi connectivity index (χ2n) is 6.39. The van der Waals surface area contributed by atoms with Crippen molar-refractivity contribution in [3.05, 3.63) is 0 Å². The zero-order valence-corrected chi connectivity index (χ0v) is 15.0. The van der Waals surface area contributed by atoms with E-state index in [0.717, 1.165) is 0 Å². The monoisotopic (exact) mass is 270 g/mol. The van der Waals surface area contributed by atoms with Crippen LogP contribution < -0.4 is 0 Å². The summed E-state index contributed by atoms with van der Waals surface area (Å²) >= 11 is 5.67. The predicted octanol–water partition coefficient (Wildman–Crippen LogP) is 4.73. The van der Waals surface area contributed by atoms with Crippen molar-refractivity contribution in [1.82, 2.24) is 0 Å². The van der Waals surface area contributed by atoms with E-state index in [1.54, 1.807) is 0 Å². The van der Waals surface area contributed by atoms with Gasteiger partial charge in [0.25, 0.3) is 0 Å². The van der Waals surface area contributed by atoms with Gasteiger partial charge in [0.2, 0.25) is 0 Å². The molecule has 0 aliphatic rings. The molecule has 0 aromatic heterocycles. The summed E-state index contributed by atoms with van der Waals surface area (Å²) in [5, 5.41) is 0. The van der Waals surface area contributed by atoms with Crippen molar-refractivity contribution in [2.75, 3.05) is 0 Å². The average Bonchev–Trinajstić information content (AvgIpc) is 1.42. The highest BCUT2D eigenvalue weighted by Gasteiger charge is 2.24. The van der Waals surface area contributed by atoms with Crippen molar-refractivity contribution in [3.8, 4) is 0 Å². The maximum atomic E-state index is 5.90. The van der Waals surface area contributed by atoms with E-state index in [0.29, 0.717) is 0 Å². The van der Waals surface area contributed by atoms with E-state index in [9.17, 15) is 0 Å². The van der Waals surface area contributed by atoms with E-state index in [1.807, 2.05) is 0 Å². The van der Waals surface area contributed by atoms with Crippen LogP contribution in [-0.2, 0) is 4.12 Å². The molecule has 0 bridgehead atoms. The highest BCUT2D eigenvalue weighted by Crippen LogP contribution is 2.12. The molecule has 0 spiro atoms. The van der Waals surface area contributed by atoms with Gasteiger partial charge in [-0.05, 0) is 39.3 Å². The lowest BCUT2D eigenvalue weighted by molar-refractivity contribution is 0.559. The maximum Gasteiger partial charge on any atom is 0.170 e. The Morgan fingerprint density at radius 3 is 0.786 bits per heavy atom. The molecule has 0 N–H and O–H groups in total. The van der Waals surface area contributed by atoms with Crippen molar-refractivity contribution in [1.29, 1.82) is 0 Å². The van der Waals surface area contributed by atoms with Crippen LogP contribution in [0, 0.1) is 0 Å². The fraction of sp³-hybridized carbons (Fsp3) is 1.00. The van der Waals surface area contributed by atoms with E-state index < -0.39 is 24.0 Å². The number of hydrogen-bond donors (Lipinski definition) is 0.